The lowest BCUT2D eigenvalue weighted by molar-refractivity contribution is -0.139. The minimum Gasteiger partial charge on any atom is -0.497 e. The van der Waals surface area contributed by atoms with Gasteiger partial charge in [-0.15, -0.1) is 0 Å². The van der Waals surface area contributed by atoms with Gasteiger partial charge in [-0.05, 0) is 73.7 Å². The third-order valence-corrected chi connectivity index (χ3v) is 9.41. The molecule has 0 spiro atoms. The highest BCUT2D eigenvalue weighted by molar-refractivity contribution is 7.92. The number of aryl methyl sites for hydroxylation is 1. The van der Waals surface area contributed by atoms with Crippen LogP contribution in [0.5, 0.6) is 5.75 Å². The quantitative estimate of drug-likeness (QED) is 0.329. The molecule has 41 heavy (non-hydrogen) atoms. The fourth-order valence-corrected chi connectivity index (χ4v) is 6.48. The fourth-order valence-electron chi connectivity index (χ4n) is 5.05. The molecule has 3 aromatic carbocycles. The molecule has 218 valence electrons. The van der Waals surface area contributed by atoms with Gasteiger partial charge in [-0.3, -0.25) is 13.9 Å². The Labute approximate surface area is 243 Å². The van der Waals surface area contributed by atoms with E-state index in [4.69, 9.17) is 4.74 Å². The number of nitrogens with one attached hydrogen (secondary N) is 1. The topological polar surface area (TPSA) is 96.0 Å². The molecular weight excluding hydrogens is 538 g/mol. The average Bonchev–Trinajstić information content (AvgIpc) is 3.52. The fraction of sp³-hybridized carbons (Fsp3) is 0.375. The molecular formula is C32H39N3O5S. The summed E-state index contributed by atoms with van der Waals surface area (Å²) in [5.74, 6) is -0.0493. The molecule has 2 amide bonds. The van der Waals surface area contributed by atoms with Gasteiger partial charge in [0.2, 0.25) is 11.8 Å². The maximum absolute atomic E-state index is 14.1. The van der Waals surface area contributed by atoms with Gasteiger partial charge in [-0.2, -0.15) is 0 Å². The lowest BCUT2D eigenvalue weighted by Crippen LogP contribution is -2.52. The van der Waals surface area contributed by atoms with Crippen LogP contribution in [-0.4, -0.2) is 50.9 Å². The SMILES string of the molecule is CCc1ccc(N(CC(=O)N(Cc2ccc(OC)cc2)[C@@H](C)C(=O)NC2CCCC2)S(=O)(=O)c2ccccc2)cc1. The monoisotopic (exact) mass is 577 g/mol. The van der Waals surface area contributed by atoms with Crippen LogP contribution < -0.4 is 14.4 Å². The number of methoxy groups -OCH3 is 1. The zero-order chi connectivity index (χ0) is 29.4. The van der Waals surface area contributed by atoms with Gasteiger partial charge in [0.15, 0.2) is 0 Å². The summed E-state index contributed by atoms with van der Waals surface area (Å²) >= 11 is 0. The normalized spacial score (nSPS) is 14.3. The molecule has 0 aliphatic heterocycles. The molecule has 1 aliphatic rings. The zero-order valence-corrected chi connectivity index (χ0v) is 24.8. The van der Waals surface area contributed by atoms with E-state index in [0.29, 0.717) is 11.4 Å². The van der Waals surface area contributed by atoms with Gasteiger partial charge in [0, 0.05) is 12.6 Å². The Kier molecular flexibility index (Phi) is 10.0. The number of amides is 2. The van der Waals surface area contributed by atoms with Gasteiger partial charge in [0.25, 0.3) is 10.0 Å². The van der Waals surface area contributed by atoms with Crippen molar-refractivity contribution in [2.45, 2.75) is 69.5 Å². The largest absolute Gasteiger partial charge is 0.497 e. The Morgan fingerprint density at radius 1 is 0.927 bits per heavy atom. The summed E-state index contributed by atoms with van der Waals surface area (Å²) in [4.78, 5) is 28.9. The van der Waals surface area contributed by atoms with Crippen LogP contribution in [0.15, 0.2) is 83.8 Å². The molecule has 3 aromatic rings. The van der Waals surface area contributed by atoms with E-state index in [2.05, 4.69) is 5.32 Å². The number of hydrogen-bond donors (Lipinski definition) is 1. The van der Waals surface area contributed by atoms with Crippen molar-refractivity contribution in [3.05, 3.63) is 90.0 Å². The first-order valence-electron chi connectivity index (χ1n) is 14.1. The van der Waals surface area contributed by atoms with Gasteiger partial charge in [-0.25, -0.2) is 8.42 Å². The molecule has 1 saturated carbocycles. The van der Waals surface area contributed by atoms with Gasteiger partial charge in [0.05, 0.1) is 17.7 Å². The highest BCUT2D eigenvalue weighted by atomic mass is 32.2. The van der Waals surface area contributed by atoms with Crippen LogP contribution in [0, 0.1) is 0 Å². The molecule has 1 N–H and O–H groups in total. The van der Waals surface area contributed by atoms with Crippen LogP contribution in [-0.2, 0) is 32.6 Å². The van der Waals surface area contributed by atoms with E-state index in [1.54, 1.807) is 56.5 Å². The lowest BCUT2D eigenvalue weighted by Gasteiger charge is -2.32. The van der Waals surface area contributed by atoms with Crippen LogP contribution in [0.1, 0.15) is 50.7 Å². The number of benzene rings is 3. The number of ether oxygens (including phenoxy) is 1. The maximum atomic E-state index is 14.1. The van der Waals surface area contributed by atoms with Crippen LogP contribution in [0.2, 0.25) is 0 Å². The Bertz CT molecular complexity index is 1400. The number of rotatable bonds is 12. The number of sulfonamides is 1. The summed E-state index contributed by atoms with van der Waals surface area (Å²) < 4.78 is 34.1. The summed E-state index contributed by atoms with van der Waals surface area (Å²) in [6, 6.07) is 21.8. The van der Waals surface area contributed by atoms with Crippen molar-refractivity contribution in [2.24, 2.45) is 0 Å². The van der Waals surface area contributed by atoms with Crippen LogP contribution in [0.25, 0.3) is 0 Å². The van der Waals surface area contributed by atoms with E-state index in [0.717, 1.165) is 47.5 Å². The summed E-state index contributed by atoms with van der Waals surface area (Å²) in [5, 5.41) is 3.09. The third-order valence-electron chi connectivity index (χ3n) is 7.62. The lowest BCUT2D eigenvalue weighted by atomic mass is 10.1. The van der Waals surface area contributed by atoms with E-state index in [1.165, 1.54) is 17.0 Å². The molecule has 9 heteroatoms. The summed E-state index contributed by atoms with van der Waals surface area (Å²) in [6.45, 7) is 3.39. The molecule has 0 heterocycles. The number of carbonyl (C=O) groups is 2. The first-order chi connectivity index (χ1) is 19.7. The molecule has 4 rings (SSSR count). The van der Waals surface area contributed by atoms with Crippen LogP contribution >= 0.6 is 0 Å². The Morgan fingerprint density at radius 2 is 1.54 bits per heavy atom. The molecule has 0 saturated heterocycles. The minimum absolute atomic E-state index is 0.0843. The van der Waals surface area contributed by atoms with E-state index in [9.17, 15) is 18.0 Å². The molecule has 1 fully saturated rings. The van der Waals surface area contributed by atoms with Crippen LogP contribution in [0.3, 0.4) is 0 Å². The summed E-state index contributed by atoms with van der Waals surface area (Å²) in [7, 11) is -2.50. The first-order valence-corrected chi connectivity index (χ1v) is 15.6. The molecule has 0 aromatic heterocycles. The van der Waals surface area contributed by atoms with Crippen molar-refractivity contribution in [3.8, 4) is 5.75 Å². The molecule has 8 nitrogen and oxygen atoms in total. The van der Waals surface area contributed by atoms with E-state index < -0.39 is 28.5 Å². The standard InChI is InChI=1S/C32H39N3O5S/c1-4-25-14-18-28(19-15-25)35(41(38,39)30-12-6-5-7-13-30)23-31(36)34(22-26-16-20-29(40-3)21-17-26)24(2)32(37)33-27-10-8-9-11-27/h5-7,12-21,24,27H,4,8-11,22-23H2,1-3H3,(H,33,37)/t24-/m0/s1. The molecule has 0 bridgehead atoms. The highest BCUT2D eigenvalue weighted by Crippen LogP contribution is 2.26. The molecule has 1 atom stereocenters. The Morgan fingerprint density at radius 3 is 2.12 bits per heavy atom. The second kappa shape index (κ2) is 13.7. The van der Waals surface area contributed by atoms with E-state index >= 15 is 0 Å². The minimum atomic E-state index is -4.08. The maximum Gasteiger partial charge on any atom is 0.264 e. The van der Waals surface area contributed by atoms with Gasteiger partial charge < -0.3 is 15.0 Å². The van der Waals surface area contributed by atoms with Crippen molar-refractivity contribution in [2.75, 3.05) is 18.0 Å². The van der Waals surface area contributed by atoms with E-state index in [-0.39, 0.29) is 23.4 Å². The van der Waals surface area contributed by atoms with Crippen molar-refractivity contribution in [1.29, 1.82) is 0 Å². The molecule has 0 radical (unpaired) electrons. The predicted molar refractivity (Wildman–Crippen MR) is 160 cm³/mol. The van der Waals surface area contributed by atoms with Gasteiger partial charge in [-0.1, -0.05) is 62.2 Å². The highest BCUT2D eigenvalue weighted by Gasteiger charge is 2.33. The van der Waals surface area contributed by atoms with Gasteiger partial charge >= 0.3 is 0 Å². The van der Waals surface area contributed by atoms with Gasteiger partial charge in [0.1, 0.15) is 18.3 Å². The number of anilines is 1. The van der Waals surface area contributed by atoms with Crippen LogP contribution in [0.4, 0.5) is 5.69 Å². The van der Waals surface area contributed by atoms with Crippen molar-refractivity contribution in [1.82, 2.24) is 10.2 Å². The average molecular weight is 578 g/mol. The smallest absolute Gasteiger partial charge is 0.264 e. The first kappa shape index (κ1) is 30.1. The van der Waals surface area contributed by atoms with E-state index in [1.807, 2.05) is 31.2 Å². The molecule has 0 unspecified atom stereocenters. The number of hydrogen-bond acceptors (Lipinski definition) is 5. The van der Waals surface area contributed by atoms with Crippen molar-refractivity contribution < 1.29 is 22.7 Å². The van der Waals surface area contributed by atoms with Crippen molar-refractivity contribution >= 4 is 27.5 Å². The third kappa shape index (κ3) is 7.47. The summed E-state index contributed by atoms with van der Waals surface area (Å²) in [5.41, 5.74) is 2.23. The second-order valence-corrected chi connectivity index (χ2v) is 12.2. The Balaban J connectivity index is 1.67. The number of nitrogens with zero attached hydrogens (tertiary/aromatic N) is 2. The predicted octanol–water partition coefficient (Wildman–Crippen LogP) is 4.93. The zero-order valence-electron chi connectivity index (χ0n) is 24.0. The second-order valence-electron chi connectivity index (χ2n) is 10.4. The molecule has 1 aliphatic carbocycles. The summed E-state index contributed by atoms with van der Waals surface area (Å²) in [6.07, 6.45) is 4.77. The van der Waals surface area contributed by atoms with Crippen molar-refractivity contribution in [3.63, 3.8) is 0 Å². The Hall–Kier alpha value is -3.85. The number of carbonyl (C=O) groups excluding carboxylic acids is 2.